The van der Waals surface area contributed by atoms with Gasteiger partial charge in [-0.2, -0.15) is 0 Å². The van der Waals surface area contributed by atoms with E-state index in [9.17, 15) is 9.59 Å². The zero-order valence-electron chi connectivity index (χ0n) is 19.1. The van der Waals surface area contributed by atoms with Crippen LogP contribution in [0.2, 0.25) is 0 Å². The number of aromatic nitrogens is 2. The van der Waals surface area contributed by atoms with Crippen LogP contribution in [0.4, 0.5) is 5.69 Å². The number of anilines is 1. The van der Waals surface area contributed by atoms with Crippen LogP contribution in [0.3, 0.4) is 0 Å². The molecule has 0 fully saturated rings. The Balaban J connectivity index is 1.30. The van der Waals surface area contributed by atoms with E-state index >= 15 is 0 Å². The van der Waals surface area contributed by atoms with Crippen molar-refractivity contribution in [1.29, 1.82) is 0 Å². The molecule has 174 valence electrons. The van der Waals surface area contributed by atoms with Gasteiger partial charge < -0.3 is 24.5 Å². The Morgan fingerprint density at radius 3 is 2.65 bits per heavy atom. The van der Waals surface area contributed by atoms with Gasteiger partial charge in [0.05, 0.1) is 5.69 Å². The molecule has 2 amide bonds. The minimum absolute atomic E-state index is 0.0146. The number of amides is 2. The van der Waals surface area contributed by atoms with E-state index < -0.39 is 0 Å². The largest absolute Gasteiger partial charge is 0.487 e. The number of ether oxygens (including phenoxy) is 2. The fourth-order valence-corrected chi connectivity index (χ4v) is 3.51. The average Bonchev–Trinajstić information content (AvgIpc) is 3.26. The average molecular weight is 459 g/mol. The number of hydrogen-bond donors (Lipinski definition) is 2. The van der Waals surface area contributed by atoms with Gasteiger partial charge in [-0.25, -0.2) is 4.98 Å². The second-order valence-electron chi connectivity index (χ2n) is 7.83. The summed E-state index contributed by atoms with van der Waals surface area (Å²) in [5.74, 6) is 0.225. The molecule has 8 nitrogen and oxygen atoms in total. The van der Waals surface area contributed by atoms with Gasteiger partial charge in [-0.3, -0.25) is 9.59 Å². The second kappa shape index (κ2) is 10.6. The third-order valence-corrected chi connectivity index (χ3v) is 5.17. The number of pyridine rings is 1. The lowest BCUT2D eigenvalue weighted by Crippen LogP contribution is -2.23. The Kier molecular flexibility index (Phi) is 7.19. The first kappa shape index (κ1) is 23.0. The third kappa shape index (κ3) is 5.79. The molecule has 0 saturated carbocycles. The third-order valence-electron chi connectivity index (χ3n) is 5.17. The summed E-state index contributed by atoms with van der Waals surface area (Å²) in [6.45, 7) is 2.68. The Hall–Kier alpha value is -4.17. The van der Waals surface area contributed by atoms with Crippen LogP contribution >= 0.6 is 0 Å². The molecule has 2 aromatic carbocycles. The van der Waals surface area contributed by atoms with Crippen molar-refractivity contribution in [3.63, 3.8) is 0 Å². The SMILES string of the molecule is COCC(=O)Nc1cccc(CNC(=O)c2ccc(OCc3cn4cccc(C)c4n3)cc2)c1. The van der Waals surface area contributed by atoms with Crippen molar-refractivity contribution in [3.8, 4) is 5.75 Å². The number of hydrogen-bond acceptors (Lipinski definition) is 5. The van der Waals surface area contributed by atoms with Gasteiger partial charge in [0.15, 0.2) is 0 Å². The number of carbonyl (C=O) groups is 2. The van der Waals surface area contributed by atoms with Crippen LogP contribution in [-0.4, -0.2) is 34.9 Å². The topological polar surface area (TPSA) is 94.0 Å². The maximum Gasteiger partial charge on any atom is 0.251 e. The summed E-state index contributed by atoms with van der Waals surface area (Å²) in [5, 5.41) is 5.63. The first-order valence-corrected chi connectivity index (χ1v) is 10.8. The van der Waals surface area contributed by atoms with Crippen molar-refractivity contribution in [2.24, 2.45) is 0 Å². The number of imidazole rings is 1. The summed E-state index contributed by atoms with van der Waals surface area (Å²) in [5.41, 5.74) is 4.89. The van der Waals surface area contributed by atoms with E-state index in [-0.39, 0.29) is 18.4 Å². The highest BCUT2D eigenvalue weighted by atomic mass is 16.5. The highest BCUT2D eigenvalue weighted by Gasteiger charge is 2.08. The van der Waals surface area contributed by atoms with Crippen LogP contribution in [0.15, 0.2) is 73.1 Å². The lowest BCUT2D eigenvalue weighted by atomic mass is 10.1. The molecular weight excluding hydrogens is 432 g/mol. The molecule has 34 heavy (non-hydrogen) atoms. The van der Waals surface area contributed by atoms with Crippen molar-refractivity contribution in [3.05, 3.63) is 95.4 Å². The van der Waals surface area contributed by atoms with Gasteiger partial charge in [-0.15, -0.1) is 0 Å². The number of benzene rings is 2. The number of nitrogens with zero attached hydrogens (tertiary/aromatic N) is 2. The quantitative estimate of drug-likeness (QED) is 0.399. The van der Waals surface area contributed by atoms with Gasteiger partial charge >= 0.3 is 0 Å². The van der Waals surface area contributed by atoms with Gasteiger partial charge in [0, 0.05) is 37.3 Å². The fourth-order valence-electron chi connectivity index (χ4n) is 3.51. The first-order chi connectivity index (χ1) is 16.5. The standard InChI is InChI=1S/C26H26N4O4/c1-18-5-4-12-30-15-22(29-25(18)30)16-34-23-10-8-20(9-11-23)26(32)27-14-19-6-3-7-21(13-19)28-24(31)17-33-2/h3-13,15H,14,16-17H2,1-2H3,(H,27,32)(H,28,31). The highest BCUT2D eigenvalue weighted by Crippen LogP contribution is 2.16. The molecule has 0 atom stereocenters. The number of methoxy groups -OCH3 is 1. The number of nitrogens with one attached hydrogen (secondary N) is 2. The predicted octanol–water partition coefficient (Wildman–Crippen LogP) is 3.74. The van der Waals surface area contributed by atoms with E-state index in [1.54, 1.807) is 30.3 Å². The molecule has 2 aromatic heterocycles. The number of aryl methyl sites for hydroxylation is 1. The molecule has 8 heteroatoms. The Morgan fingerprint density at radius 1 is 1.06 bits per heavy atom. The van der Waals surface area contributed by atoms with Crippen molar-refractivity contribution in [2.45, 2.75) is 20.1 Å². The zero-order valence-corrected chi connectivity index (χ0v) is 19.1. The predicted molar refractivity (Wildman–Crippen MR) is 129 cm³/mol. The Morgan fingerprint density at radius 2 is 1.88 bits per heavy atom. The van der Waals surface area contributed by atoms with Crippen LogP contribution in [-0.2, 0) is 22.7 Å². The van der Waals surface area contributed by atoms with Gasteiger partial charge in [0.25, 0.3) is 5.91 Å². The van der Waals surface area contributed by atoms with Crippen molar-refractivity contribution >= 4 is 23.1 Å². The van der Waals surface area contributed by atoms with Crippen LogP contribution in [0.25, 0.3) is 5.65 Å². The van der Waals surface area contributed by atoms with E-state index in [1.165, 1.54) is 7.11 Å². The molecule has 2 heterocycles. The van der Waals surface area contributed by atoms with E-state index in [2.05, 4.69) is 15.6 Å². The van der Waals surface area contributed by atoms with Crippen molar-refractivity contribution in [2.75, 3.05) is 19.0 Å². The molecule has 0 unspecified atom stereocenters. The fraction of sp³-hybridized carbons (Fsp3) is 0.192. The zero-order chi connectivity index (χ0) is 23.9. The van der Waals surface area contributed by atoms with Crippen LogP contribution in [0.5, 0.6) is 5.75 Å². The number of fused-ring (bicyclic) bond motifs is 1. The van der Waals surface area contributed by atoms with Crippen molar-refractivity contribution < 1.29 is 19.1 Å². The normalized spacial score (nSPS) is 10.8. The van der Waals surface area contributed by atoms with Gasteiger partial charge in [-0.1, -0.05) is 18.2 Å². The molecular formula is C26H26N4O4. The molecule has 0 spiro atoms. The molecule has 4 rings (SSSR count). The summed E-state index contributed by atoms with van der Waals surface area (Å²) in [4.78, 5) is 28.8. The molecule has 0 aliphatic rings. The number of carbonyl (C=O) groups excluding carboxylic acids is 2. The summed E-state index contributed by atoms with van der Waals surface area (Å²) in [6, 6.07) is 18.3. The molecule has 0 bridgehead atoms. The van der Waals surface area contributed by atoms with Crippen LogP contribution in [0.1, 0.15) is 27.2 Å². The van der Waals surface area contributed by atoms with Gasteiger partial charge in [-0.05, 0) is 60.5 Å². The highest BCUT2D eigenvalue weighted by molar-refractivity contribution is 5.94. The molecule has 0 radical (unpaired) electrons. The summed E-state index contributed by atoms with van der Waals surface area (Å²) in [7, 11) is 1.46. The van der Waals surface area contributed by atoms with Crippen LogP contribution in [0, 0.1) is 6.92 Å². The molecule has 0 aliphatic heterocycles. The second-order valence-corrected chi connectivity index (χ2v) is 7.83. The van der Waals surface area contributed by atoms with E-state index in [0.29, 0.717) is 30.2 Å². The number of rotatable bonds is 9. The monoisotopic (exact) mass is 458 g/mol. The molecule has 0 aliphatic carbocycles. The molecule has 4 aromatic rings. The lowest BCUT2D eigenvalue weighted by Gasteiger charge is -2.09. The molecule has 0 saturated heterocycles. The van der Waals surface area contributed by atoms with Gasteiger partial charge in [0.1, 0.15) is 24.6 Å². The minimum atomic E-state index is -0.234. The van der Waals surface area contributed by atoms with Crippen molar-refractivity contribution in [1.82, 2.24) is 14.7 Å². The lowest BCUT2D eigenvalue weighted by molar-refractivity contribution is -0.119. The Bertz CT molecular complexity index is 1300. The van der Waals surface area contributed by atoms with Gasteiger partial charge in [0.2, 0.25) is 5.91 Å². The maximum atomic E-state index is 12.5. The summed E-state index contributed by atoms with van der Waals surface area (Å²) >= 11 is 0. The smallest absolute Gasteiger partial charge is 0.251 e. The minimum Gasteiger partial charge on any atom is -0.487 e. The summed E-state index contributed by atoms with van der Waals surface area (Å²) < 4.78 is 12.6. The van der Waals surface area contributed by atoms with E-state index in [4.69, 9.17) is 9.47 Å². The van der Waals surface area contributed by atoms with E-state index in [1.807, 2.05) is 54.0 Å². The first-order valence-electron chi connectivity index (χ1n) is 10.8. The molecule has 2 N–H and O–H groups in total. The van der Waals surface area contributed by atoms with Crippen LogP contribution < -0.4 is 15.4 Å². The van der Waals surface area contributed by atoms with E-state index in [0.717, 1.165) is 22.5 Å². The Labute approximate surface area is 197 Å². The summed E-state index contributed by atoms with van der Waals surface area (Å²) in [6.07, 6.45) is 3.90. The maximum absolute atomic E-state index is 12.5.